The Morgan fingerprint density at radius 2 is 1.95 bits per heavy atom. The molecular weight excluding hydrogens is 521 g/mol. The number of sulfonamides is 1. The fourth-order valence-electron chi connectivity index (χ4n) is 3.87. The number of carbonyl (C=O) groups excluding carboxylic acids is 1. The topological polar surface area (TPSA) is 117 Å². The number of halogens is 1. The van der Waals surface area contributed by atoms with Gasteiger partial charge in [0.25, 0.3) is 0 Å². The summed E-state index contributed by atoms with van der Waals surface area (Å²) in [5.74, 6) is 0.0286. The van der Waals surface area contributed by atoms with E-state index in [0.717, 1.165) is 4.31 Å². The van der Waals surface area contributed by atoms with Gasteiger partial charge in [0.2, 0.25) is 10.0 Å². The highest BCUT2D eigenvalue weighted by Crippen LogP contribution is 2.37. The Hall–Kier alpha value is -3.45. The third-order valence-corrected chi connectivity index (χ3v) is 8.91. The first-order valence-electron chi connectivity index (χ1n) is 11.3. The van der Waals surface area contributed by atoms with Gasteiger partial charge in [-0.05, 0) is 48.2 Å². The van der Waals surface area contributed by atoms with E-state index in [1.54, 1.807) is 24.3 Å². The maximum Gasteiger partial charge on any atom is 0.436 e. The van der Waals surface area contributed by atoms with Crippen LogP contribution in [0.25, 0.3) is 5.70 Å². The lowest BCUT2D eigenvalue weighted by atomic mass is 10.0. The molecule has 0 saturated heterocycles. The predicted octanol–water partition coefficient (Wildman–Crippen LogP) is 4.29. The fourth-order valence-corrected chi connectivity index (χ4v) is 6.73. The molecule has 0 aliphatic heterocycles. The third kappa shape index (κ3) is 5.93. The van der Waals surface area contributed by atoms with E-state index in [1.807, 2.05) is 6.08 Å². The Bertz CT molecular complexity index is 1410. The van der Waals surface area contributed by atoms with Crippen molar-refractivity contribution in [3.8, 4) is 5.75 Å². The summed E-state index contributed by atoms with van der Waals surface area (Å²) in [5.41, 5.74) is 4.56. The van der Waals surface area contributed by atoms with Crippen molar-refractivity contribution in [1.82, 2.24) is 9.79 Å². The number of thiophene rings is 1. The molecule has 1 aliphatic rings. The largest absolute Gasteiger partial charge is 0.495 e. The first-order chi connectivity index (χ1) is 17.7. The van der Waals surface area contributed by atoms with Crippen LogP contribution in [0.5, 0.6) is 5.75 Å². The Balaban J connectivity index is 1.44. The lowest BCUT2D eigenvalue weighted by molar-refractivity contribution is 0.130. The van der Waals surface area contributed by atoms with Gasteiger partial charge in [0.1, 0.15) is 11.6 Å². The van der Waals surface area contributed by atoms with Gasteiger partial charge < -0.3 is 14.7 Å². The molecule has 0 saturated carbocycles. The van der Waals surface area contributed by atoms with E-state index in [2.05, 4.69) is 10.8 Å². The van der Waals surface area contributed by atoms with E-state index in [9.17, 15) is 22.7 Å². The molecule has 0 radical (unpaired) electrons. The van der Waals surface area contributed by atoms with Crippen LogP contribution in [0.3, 0.4) is 0 Å². The number of likely N-dealkylation sites (N-methyl/N-ethyl adjacent to an activating group) is 1. The number of amides is 1. The van der Waals surface area contributed by atoms with Crippen LogP contribution >= 0.6 is 11.3 Å². The molecule has 1 atom stereocenters. The molecule has 1 amide bonds. The number of hydrogen-bond acceptors (Lipinski definition) is 8. The van der Waals surface area contributed by atoms with Crippen LogP contribution in [0.15, 0.2) is 64.9 Å². The number of aliphatic hydroxyl groups is 1. The van der Waals surface area contributed by atoms with Crippen molar-refractivity contribution in [3.63, 3.8) is 0 Å². The molecule has 196 valence electrons. The standard InChI is InChI=1S/C25H26FN3O6S2/c1-29(14-21(30)16-10-12-17(26)13-11-16)37(32,33)23-15-36-24-18(23)6-5-8-20(24)28-35-25(31)27-19-7-3-4-9-22(19)34-2/h3-4,7-13,15,21,28,30H,5-6,14H2,1-2H3,(H,27,31). The van der Waals surface area contributed by atoms with Gasteiger partial charge in [0.15, 0.2) is 0 Å². The summed E-state index contributed by atoms with van der Waals surface area (Å²) in [7, 11) is -1.06. The number of allylic oxidation sites excluding steroid dienone is 1. The number of carbonyl (C=O) groups is 1. The van der Waals surface area contributed by atoms with E-state index in [1.165, 1.54) is 55.1 Å². The second-order valence-electron chi connectivity index (χ2n) is 8.23. The third-order valence-electron chi connectivity index (χ3n) is 5.81. The number of benzene rings is 2. The first-order valence-corrected chi connectivity index (χ1v) is 13.6. The summed E-state index contributed by atoms with van der Waals surface area (Å²) in [4.78, 5) is 18.2. The predicted molar refractivity (Wildman–Crippen MR) is 138 cm³/mol. The minimum Gasteiger partial charge on any atom is -0.495 e. The molecule has 4 rings (SSSR count). The zero-order valence-electron chi connectivity index (χ0n) is 20.1. The fraction of sp³-hybridized carbons (Fsp3) is 0.240. The zero-order valence-corrected chi connectivity index (χ0v) is 21.7. The molecule has 1 aromatic heterocycles. The number of hydroxylamine groups is 1. The first kappa shape index (κ1) is 26.6. The average Bonchev–Trinajstić information content (AvgIpc) is 3.34. The van der Waals surface area contributed by atoms with Crippen molar-refractivity contribution in [2.75, 3.05) is 26.0 Å². The van der Waals surface area contributed by atoms with Crippen LogP contribution in [-0.2, 0) is 21.3 Å². The lowest BCUT2D eigenvalue weighted by Gasteiger charge is -2.22. The number of ether oxygens (including phenoxy) is 1. The molecule has 0 spiro atoms. The molecule has 0 fully saturated rings. The van der Waals surface area contributed by atoms with Crippen molar-refractivity contribution in [2.45, 2.75) is 23.8 Å². The highest BCUT2D eigenvalue weighted by atomic mass is 32.2. The number of methoxy groups -OCH3 is 1. The SMILES string of the molecule is COc1ccccc1NC(=O)ONC1=CCCc2c(S(=O)(=O)N(C)CC(O)c3ccc(F)cc3)csc21. The Kier molecular flexibility index (Phi) is 8.13. The minimum atomic E-state index is -3.93. The second-order valence-corrected chi connectivity index (χ2v) is 11.1. The van der Waals surface area contributed by atoms with E-state index in [4.69, 9.17) is 9.57 Å². The summed E-state index contributed by atoms with van der Waals surface area (Å²) in [5, 5.41) is 14.6. The van der Waals surface area contributed by atoms with Gasteiger partial charge in [-0.25, -0.2) is 23.1 Å². The number of anilines is 1. The number of rotatable bonds is 9. The highest BCUT2D eigenvalue weighted by Gasteiger charge is 2.31. The Morgan fingerprint density at radius 1 is 1.22 bits per heavy atom. The van der Waals surface area contributed by atoms with Crippen molar-refractivity contribution < 1.29 is 32.3 Å². The summed E-state index contributed by atoms with van der Waals surface area (Å²) < 4.78 is 46.1. The molecule has 1 unspecified atom stereocenters. The Labute approximate surface area is 218 Å². The van der Waals surface area contributed by atoms with Gasteiger partial charge in [0.05, 0.1) is 34.4 Å². The summed E-state index contributed by atoms with van der Waals surface area (Å²) in [6.45, 7) is -0.203. The smallest absolute Gasteiger partial charge is 0.436 e. The lowest BCUT2D eigenvalue weighted by Crippen LogP contribution is -2.31. The van der Waals surface area contributed by atoms with Crippen molar-refractivity contribution in [3.05, 3.63) is 81.8 Å². The van der Waals surface area contributed by atoms with E-state index in [-0.39, 0.29) is 11.4 Å². The normalized spacial score (nSPS) is 13.9. The van der Waals surface area contributed by atoms with E-state index in [0.29, 0.717) is 46.0 Å². The van der Waals surface area contributed by atoms with Crippen molar-refractivity contribution >= 4 is 38.8 Å². The molecule has 9 nitrogen and oxygen atoms in total. The molecule has 0 bridgehead atoms. The van der Waals surface area contributed by atoms with E-state index < -0.39 is 28.0 Å². The minimum absolute atomic E-state index is 0.132. The second kappa shape index (κ2) is 11.3. The van der Waals surface area contributed by atoms with Crippen LogP contribution in [0.2, 0.25) is 0 Å². The van der Waals surface area contributed by atoms with Gasteiger partial charge in [-0.15, -0.1) is 11.3 Å². The quantitative estimate of drug-likeness (QED) is 0.342. The van der Waals surface area contributed by atoms with Gasteiger partial charge in [-0.3, -0.25) is 5.32 Å². The molecule has 1 aliphatic carbocycles. The van der Waals surface area contributed by atoms with E-state index >= 15 is 0 Å². The van der Waals surface area contributed by atoms with Crippen LogP contribution < -0.4 is 15.5 Å². The maximum atomic E-state index is 13.3. The number of aliphatic hydroxyl groups excluding tert-OH is 1. The molecular formula is C25H26FN3O6S2. The highest BCUT2D eigenvalue weighted by molar-refractivity contribution is 7.89. The van der Waals surface area contributed by atoms with Crippen LogP contribution in [-0.4, -0.2) is 44.6 Å². The van der Waals surface area contributed by atoms with Gasteiger partial charge >= 0.3 is 6.09 Å². The zero-order chi connectivity index (χ0) is 26.6. The van der Waals surface area contributed by atoms with Crippen LogP contribution in [0.4, 0.5) is 14.9 Å². The number of para-hydroxylation sites is 2. The average molecular weight is 548 g/mol. The number of hydrogen-bond donors (Lipinski definition) is 3. The summed E-state index contributed by atoms with van der Waals surface area (Å²) in [6.07, 6.45) is 0.959. The van der Waals surface area contributed by atoms with Crippen LogP contribution in [0, 0.1) is 5.82 Å². The monoisotopic (exact) mass is 547 g/mol. The number of fused-ring (bicyclic) bond motifs is 1. The van der Waals surface area contributed by atoms with Crippen molar-refractivity contribution in [2.24, 2.45) is 0 Å². The van der Waals surface area contributed by atoms with Crippen molar-refractivity contribution in [1.29, 1.82) is 0 Å². The van der Waals surface area contributed by atoms with Crippen LogP contribution in [0.1, 0.15) is 28.5 Å². The molecule has 1 heterocycles. The molecule has 2 aromatic carbocycles. The van der Waals surface area contributed by atoms with Gasteiger partial charge in [-0.2, -0.15) is 4.31 Å². The maximum absolute atomic E-state index is 13.3. The van der Waals surface area contributed by atoms with Gasteiger partial charge in [-0.1, -0.05) is 30.3 Å². The molecule has 3 aromatic rings. The number of nitrogens with zero attached hydrogens (tertiary/aromatic N) is 1. The summed E-state index contributed by atoms with van der Waals surface area (Å²) in [6, 6.07) is 12.1. The Morgan fingerprint density at radius 3 is 2.68 bits per heavy atom. The molecule has 37 heavy (non-hydrogen) atoms. The molecule has 12 heteroatoms. The summed E-state index contributed by atoms with van der Waals surface area (Å²) >= 11 is 1.21. The number of nitrogens with one attached hydrogen (secondary N) is 2. The van der Waals surface area contributed by atoms with Gasteiger partial charge in [0, 0.05) is 19.0 Å². The molecule has 3 N–H and O–H groups in total.